The topological polar surface area (TPSA) is 49.4 Å². The highest BCUT2D eigenvalue weighted by atomic mass is 32.2. The summed E-state index contributed by atoms with van der Waals surface area (Å²) < 4.78 is 0. The van der Waals surface area contributed by atoms with Crippen LogP contribution in [0, 0.1) is 0 Å². The molecule has 14 heavy (non-hydrogen) atoms. The van der Waals surface area contributed by atoms with E-state index in [4.69, 9.17) is 0 Å². The fraction of sp³-hybridized carbons (Fsp3) is 0.778. The Labute approximate surface area is 87.4 Å². The van der Waals surface area contributed by atoms with E-state index in [1.54, 1.807) is 4.90 Å². The third-order valence-electron chi connectivity index (χ3n) is 2.59. The molecule has 2 aliphatic heterocycles. The van der Waals surface area contributed by atoms with Gasteiger partial charge >= 0.3 is 6.03 Å². The number of carbonyl (C=O) groups is 2. The van der Waals surface area contributed by atoms with Gasteiger partial charge in [-0.3, -0.25) is 10.1 Å². The van der Waals surface area contributed by atoms with Crippen LogP contribution in [-0.2, 0) is 4.79 Å². The van der Waals surface area contributed by atoms with Gasteiger partial charge in [0.05, 0.1) is 0 Å². The molecule has 3 amide bonds. The van der Waals surface area contributed by atoms with Crippen molar-refractivity contribution < 1.29 is 9.59 Å². The summed E-state index contributed by atoms with van der Waals surface area (Å²) in [5.74, 6) is 1.06. The average molecular weight is 214 g/mol. The summed E-state index contributed by atoms with van der Waals surface area (Å²) >= 11 is 1.93. The smallest absolute Gasteiger partial charge is 0.323 e. The standard InChI is InChI=1S/C9H14N2O2S/c12-8-3-4-11(9(13)10-8)6-7-2-1-5-14-7/h7H,1-6H2,(H,10,12,13). The molecule has 1 N–H and O–H groups in total. The Hall–Kier alpha value is -0.710. The summed E-state index contributed by atoms with van der Waals surface area (Å²) in [5, 5.41) is 2.92. The second-order valence-electron chi connectivity index (χ2n) is 3.68. The van der Waals surface area contributed by atoms with Crippen molar-refractivity contribution in [3.63, 3.8) is 0 Å². The third kappa shape index (κ3) is 2.20. The highest BCUT2D eigenvalue weighted by Crippen LogP contribution is 2.27. The van der Waals surface area contributed by atoms with Gasteiger partial charge in [0, 0.05) is 24.8 Å². The van der Waals surface area contributed by atoms with Crippen LogP contribution in [0.5, 0.6) is 0 Å². The van der Waals surface area contributed by atoms with Crippen molar-refractivity contribution in [1.82, 2.24) is 10.2 Å². The van der Waals surface area contributed by atoms with Gasteiger partial charge < -0.3 is 4.90 Å². The molecule has 0 bridgehead atoms. The molecular weight excluding hydrogens is 200 g/mol. The summed E-state index contributed by atoms with van der Waals surface area (Å²) in [6, 6.07) is -0.214. The highest BCUT2D eigenvalue weighted by Gasteiger charge is 2.26. The maximum Gasteiger partial charge on any atom is 0.324 e. The first-order valence-corrected chi connectivity index (χ1v) is 6.01. The predicted octanol–water partition coefficient (Wildman–Crippen LogP) is 0.824. The van der Waals surface area contributed by atoms with Crippen LogP contribution in [0.3, 0.4) is 0 Å². The first-order chi connectivity index (χ1) is 6.75. The molecule has 5 heteroatoms. The zero-order chi connectivity index (χ0) is 9.97. The number of imide groups is 1. The number of amides is 3. The third-order valence-corrected chi connectivity index (χ3v) is 3.97. The van der Waals surface area contributed by atoms with E-state index in [0.29, 0.717) is 18.2 Å². The van der Waals surface area contributed by atoms with Gasteiger partial charge in [0.2, 0.25) is 5.91 Å². The van der Waals surface area contributed by atoms with E-state index in [1.165, 1.54) is 18.6 Å². The maximum absolute atomic E-state index is 11.4. The average Bonchev–Trinajstić information content (AvgIpc) is 2.62. The van der Waals surface area contributed by atoms with Crippen molar-refractivity contribution in [3.8, 4) is 0 Å². The molecule has 0 radical (unpaired) electrons. The molecule has 2 rings (SSSR count). The molecule has 2 fully saturated rings. The van der Waals surface area contributed by atoms with Crippen LogP contribution in [0.4, 0.5) is 4.79 Å². The monoisotopic (exact) mass is 214 g/mol. The number of rotatable bonds is 2. The molecule has 0 saturated carbocycles. The van der Waals surface area contributed by atoms with Crippen LogP contribution in [0.25, 0.3) is 0 Å². The minimum Gasteiger partial charge on any atom is -0.323 e. The number of hydrogen-bond acceptors (Lipinski definition) is 3. The van der Waals surface area contributed by atoms with E-state index in [1.807, 2.05) is 11.8 Å². The van der Waals surface area contributed by atoms with Gasteiger partial charge in [-0.2, -0.15) is 11.8 Å². The van der Waals surface area contributed by atoms with Crippen LogP contribution in [0.1, 0.15) is 19.3 Å². The van der Waals surface area contributed by atoms with Crippen molar-refractivity contribution in [2.45, 2.75) is 24.5 Å². The predicted molar refractivity (Wildman–Crippen MR) is 55.2 cm³/mol. The SMILES string of the molecule is O=C1CCN(CC2CCCS2)C(=O)N1. The van der Waals surface area contributed by atoms with Crippen molar-refractivity contribution >= 4 is 23.7 Å². The number of nitrogens with zero attached hydrogens (tertiary/aromatic N) is 1. The Kier molecular flexibility index (Phi) is 2.96. The molecule has 0 spiro atoms. The molecule has 0 aromatic carbocycles. The van der Waals surface area contributed by atoms with E-state index >= 15 is 0 Å². The summed E-state index contributed by atoms with van der Waals surface area (Å²) in [7, 11) is 0. The first kappa shape index (κ1) is 9.83. The number of thioether (sulfide) groups is 1. The van der Waals surface area contributed by atoms with Crippen molar-refractivity contribution in [1.29, 1.82) is 0 Å². The Morgan fingerprint density at radius 1 is 1.50 bits per heavy atom. The van der Waals surface area contributed by atoms with Gasteiger partial charge in [-0.15, -0.1) is 0 Å². The molecule has 1 atom stereocenters. The van der Waals surface area contributed by atoms with E-state index in [0.717, 1.165) is 6.54 Å². The Morgan fingerprint density at radius 2 is 2.36 bits per heavy atom. The van der Waals surface area contributed by atoms with E-state index in [-0.39, 0.29) is 11.9 Å². The number of urea groups is 1. The minimum atomic E-state index is -0.214. The normalized spacial score (nSPS) is 28.0. The summed E-state index contributed by atoms with van der Waals surface area (Å²) in [5.41, 5.74) is 0. The summed E-state index contributed by atoms with van der Waals surface area (Å²) in [6.45, 7) is 1.38. The fourth-order valence-corrected chi connectivity index (χ4v) is 3.09. The Morgan fingerprint density at radius 3 is 3.00 bits per heavy atom. The van der Waals surface area contributed by atoms with Crippen LogP contribution < -0.4 is 5.32 Å². The largest absolute Gasteiger partial charge is 0.324 e. The van der Waals surface area contributed by atoms with Crippen LogP contribution in [0.2, 0.25) is 0 Å². The van der Waals surface area contributed by atoms with E-state index < -0.39 is 0 Å². The summed E-state index contributed by atoms with van der Waals surface area (Å²) in [6.07, 6.45) is 2.90. The number of hydrogen-bond donors (Lipinski definition) is 1. The number of nitrogens with one attached hydrogen (secondary N) is 1. The molecule has 78 valence electrons. The maximum atomic E-state index is 11.4. The lowest BCUT2D eigenvalue weighted by atomic mass is 10.2. The first-order valence-electron chi connectivity index (χ1n) is 4.96. The second-order valence-corrected chi connectivity index (χ2v) is 5.09. The van der Waals surface area contributed by atoms with Gasteiger partial charge in [0.25, 0.3) is 0 Å². The molecule has 1 unspecified atom stereocenters. The van der Waals surface area contributed by atoms with Crippen LogP contribution >= 0.6 is 11.8 Å². The van der Waals surface area contributed by atoms with Crippen molar-refractivity contribution in [3.05, 3.63) is 0 Å². The van der Waals surface area contributed by atoms with Gasteiger partial charge in [-0.25, -0.2) is 4.79 Å². The van der Waals surface area contributed by atoms with Crippen molar-refractivity contribution in [2.75, 3.05) is 18.8 Å². The zero-order valence-electron chi connectivity index (χ0n) is 7.99. The number of carbonyl (C=O) groups excluding carboxylic acids is 2. The highest BCUT2D eigenvalue weighted by molar-refractivity contribution is 8.00. The molecule has 0 aromatic heterocycles. The Bertz CT molecular complexity index is 251. The summed E-state index contributed by atoms with van der Waals surface area (Å²) in [4.78, 5) is 24.0. The van der Waals surface area contributed by atoms with Gasteiger partial charge in [-0.1, -0.05) is 0 Å². The fourth-order valence-electron chi connectivity index (χ4n) is 1.81. The van der Waals surface area contributed by atoms with Crippen LogP contribution in [-0.4, -0.2) is 40.9 Å². The van der Waals surface area contributed by atoms with E-state index in [2.05, 4.69) is 5.32 Å². The van der Waals surface area contributed by atoms with E-state index in [9.17, 15) is 9.59 Å². The lowest BCUT2D eigenvalue weighted by Gasteiger charge is -2.28. The van der Waals surface area contributed by atoms with Gasteiger partial charge in [0.1, 0.15) is 0 Å². The molecule has 0 aromatic rings. The molecule has 2 saturated heterocycles. The molecule has 2 aliphatic rings. The van der Waals surface area contributed by atoms with Gasteiger partial charge in [-0.05, 0) is 18.6 Å². The molecular formula is C9H14N2O2S. The molecule has 2 heterocycles. The lowest BCUT2D eigenvalue weighted by Crippen LogP contribution is -2.51. The second kappa shape index (κ2) is 4.21. The lowest BCUT2D eigenvalue weighted by molar-refractivity contribution is -0.121. The van der Waals surface area contributed by atoms with Gasteiger partial charge in [0.15, 0.2) is 0 Å². The van der Waals surface area contributed by atoms with Crippen LogP contribution in [0.15, 0.2) is 0 Å². The quantitative estimate of drug-likeness (QED) is 0.740. The molecule has 4 nitrogen and oxygen atoms in total. The minimum absolute atomic E-state index is 0.148. The molecule has 0 aliphatic carbocycles. The zero-order valence-corrected chi connectivity index (χ0v) is 8.81. The van der Waals surface area contributed by atoms with Crippen molar-refractivity contribution in [2.24, 2.45) is 0 Å². The Balaban J connectivity index is 1.85.